The van der Waals surface area contributed by atoms with Crippen LogP contribution in [0.25, 0.3) is 10.9 Å². The Morgan fingerprint density at radius 3 is 3.00 bits per heavy atom. The van der Waals surface area contributed by atoms with Gasteiger partial charge in [-0.15, -0.1) is 0 Å². The number of aryl methyl sites for hydroxylation is 1. The predicted octanol–water partition coefficient (Wildman–Crippen LogP) is 2.10. The number of aromatic nitrogens is 2. The first-order valence-corrected chi connectivity index (χ1v) is 8.22. The van der Waals surface area contributed by atoms with Crippen molar-refractivity contribution in [2.24, 2.45) is 11.8 Å². The summed E-state index contributed by atoms with van der Waals surface area (Å²) in [6, 6.07) is 8.63. The molecule has 0 radical (unpaired) electrons. The third kappa shape index (κ3) is 2.36. The Kier molecular flexibility index (Phi) is 3.43. The summed E-state index contributed by atoms with van der Waals surface area (Å²) in [5.74, 6) is 1.75. The molecule has 112 valence electrons. The highest BCUT2D eigenvalue weighted by atomic mass is 15.3. The molecule has 1 aromatic heterocycles. The van der Waals surface area contributed by atoms with Gasteiger partial charge in [0.15, 0.2) is 0 Å². The van der Waals surface area contributed by atoms with Crippen molar-refractivity contribution < 1.29 is 0 Å². The van der Waals surface area contributed by atoms with Crippen molar-refractivity contribution in [1.82, 2.24) is 20.0 Å². The molecule has 0 bridgehead atoms. The number of nitrogens with one attached hydrogen (secondary N) is 1. The zero-order valence-corrected chi connectivity index (χ0v) is 12.8. The van der Waals surface area contributed by atoms with Crippen LogP contribution in [0.15, 0.2) is 24.3 Å². The van der Waals surface area contributed by atoms with E-state index in [1.807, 2.05) is 0 Å². The highest BCUT2D eigenvalue weighted by Crippen LogP contribution is 2.28. The average Bonchev–Trinajstić information content (AvgIpc) is 3.12. The lowest BCUT2D eigenvalue weighted by atomic mass is 9.88. The van der Waals surface area contributed by atoms with Crippen molar-refractivity contribution in [3.8, 4) is 0 Å². The fourth-order valence-electron chi connectivity index (χ4n) is 4.02. The van der Waals surface area contributed by atoms with E-state index in [2.05, 4.69) is 46.1 Å². The van der Waals surface area contributed by atoms with Gasteiger partial charge in [-0.2, -0.15) is 5.10 Å². The predicted molar refractivity (Wildman–Crippen MR) is 85.2 cm³/mol. The van der Waals surface area contributed by atoms with Crippen LogP contribution in [0.5, 0.6) is 0 Å². The molecular weight excluding hydrogens is 260 g/mol. The Morgan fingerprint density at radius 2 is 2.10 bits per heavy atom. The standard InChI is InChI=1S/C17H24N4/c1-2-21-17-6-4-3-5-15(17)16(19-21)12-20-8-7-13-9-18-10-14(13)11-20/h3-6,13-14,18H,2,7-12H2,1H3. The van der Waals surface area contributed by atoms with Gasteiger partial charge < -0.3 is 5.32 Å². The lowest BCUT2D eigenvalue weighted by Crippen LogP contribution is -2.39. The summed E-state index contributed by atoms with van der Waals surface area (Å²) in [4.78, 5) is 2.60. The van der Waals surface area contributed by atoms with Crippen LogP contribution in [0.2, 0.25) is 0 Å². The molecule has 2 fully saturated rings. The zero-order chi connectivity index (χ0) is 14.2. The highest BCUT2D eigenvalue weighted by Gasteiger charge is 2.32. The molecule has 21 heavy (non-hydrogen) atoms. The molecule has 2 unspecified atom stereocenters. The SMILES string of the molecule is CCn1nc(CN2CCC3CNCC3C2)c2ccccc21. The van der Waals surface area contributed by atoms with Crippen LogP contribution in [0.4, 0.5) is 0 Å². The lowest BCUT2D eigenvalue weighted by Gasteiger charge is -2.34. The highest BCUT2D eigenvalue weighted by molar-refractivity contribution is 5.81. The van der Waals surface area contributed by atoms with Crippen molar-refractivity contribution >= 4 is 10.9 Å². The molecule has 2 saturated heterocycles. The lowest BCUT2D eigenvalue weighted by molar-refractivity contribution is 0.141. The molecule has 4 nitrogen and oxygen atoms in total. The fraction of sp³-hybridized carbons (Fsp3) is 0.588. The minimum atomic E-state index is 0.846. The summed E-state index contributed by atoms with van der Waals surface area (Å²) in [6.45, 7) is 8.98. The average molecular weight is 284 g/mol. The van der Waals surface area contributed by atoms with Crippen molar-refractivity contribution in [1.29, 1.82) is 0 Å². The van der Waals surface area contributed by atoms with E-state index >= 15 is 0 Å². The van der Waals surface area contributed by atoms with E-state index in [0.29, 0.717) is 0 Å². The van der Waals surface area contributed by atoms with Crippen molar-refractivity contribution in [2.45, 2.75) is 26.4 Å². The topological polar surface area (TPSA) is 33.1 Å². The summed E-state index contributed by atoms with van der Waals surface area (Å²) in [5.41, 5.74) is 2.52. The van der Waals surface area contributed by atoms with Gasteiger partial charge >= 0.3 is 0 Å². The second-order valence-corrected chi connectivity index (χ2v) is 6.48. The maximum atomic E-state index is 4.85. The van der Waals surface area contributed by atoms with E-state index in [4.69, 9.17) is 5.10 Å². The Balaban J connectivity index is 1.57. The van der Waals surface area contributed by atoms with Gasteiger partial charge in [-0.1, -0.05) is 18.2 Å². The molecule has 1 N–H and O–H groups in total. The van der Waals surface area contributed by atoms with Crippen LogP contribution in [0, 0.1) is 11.8 Å². The van der Waals surface area contributed by atoms with Crippen LogP contribution in [0.1, 0.15) is 19.0 Å². The van der Waals surface area contributed by atoms with Gasteiger partial charge in [0.05, 0.1) is 11.2 Å². The third-order valence-electron chi connectivity index (χ3n) is 5.20. The monoisotopic (exact) mass is 284 g/mol. The molecule has 2 aliphatic rings. The van der Waals surface area contributed by atoms with E-state index in [-0.39, 0.29) is 0 Å². The Morgan fingerprint density at radius 1 is 1.24 bits per heavy atom. The maximum absolute atomic E-state index is 4.85. The zero-order valence-electron chi connectivity index (χ0n) is 12.8. The van der Waals surface area contributed by atoms with Gasteiger partial charge in [-0.25, -0.2) is 0 Å². The van der Waals surface area contributed by atoms with Gasteiger partial charge in [-0.3, -0.25) is 9.58 Å². The Labute approximate surface area is 126 Å². The number of hydrogen-bond donors (Lipinski definition) is 1. The molecule has 0 spiro atoms. The number of para-hydroxylation sites is 1. The second kappa shape index (κ2) is 5.43. The molecule has 0 aliphatic carbocycles. The normalized spacial score (nSPS) is 26.3. The number of likely N-dealkylation sites (tertiary alicyclic amines) is 1. The number of piperidine rings is 1. The third-order valence-corrected chi connectivity index (χ3v) is 5.20. The fourth-order valence-corrected chi connectivity index (χ4v) is 4.02. The first-order chi connectivity index (χ1) is 10.3. The minimum Gasteiger partial charge on any atom is -0.316 e. The summed E-state index contributed by atoms with van der Waals surface area (Å²) in [7, 11) is 0. The number of nitrogens with zero attached hydrogens (tertiary/aromatic N) is 3. The van der Waals surface area contributed by atoms with Crippen LogP contribution >= 0.6 is 0 Å². The molecule has 4 rings (SSSR count). The molecule has 2 aliphatic heterocycles. The number of fused-ring (bicyclic) bond motifs is 2. The van der Waals surface area contributed by atoms with Gasteiger partial charge in [-0.05, 0) is 50.9 Å². The summed E-state index contributed by atoms with van der Waals surface area (Å²) in [6.07, 6.45) is 1.34. The van der Waals surface area contributed by atoms with E-state index in [0.717, 1.165) is 24.9 Å². The van der Waals surface area contributed by atoms with E-state index < -0.39 is 0 Å². The Bertz CT molecular complexity index is 633. The molecule has 0 amide bonds. The summed E-state index contributed by atoms with van der Waals surface area (Å²) in [5, 5.41) is 9.72. The largest absolute Gasteiger partial charge is 0.316 e. The minimum absolute atomic E-state index is 0.846. The molecule has 2 atom stereocenters. The van der Waals surface area contributed by atoms with E-state index in [9.17, 15) is 0 Å². The molecule has 2 aromatic rings. The first-order valence-electron chi connectivity index (χ1n) is 8.22. The van der Waals surface area contributed by atoms with Crippen molar-refractivity contribution in [2.75, 3.05) is 26.2 Å². The number of rotatable bonds is 3. The van der Waals surface area contributed by atoms with Gasteiger partial charge in [0.1, 0.15) is 0 Å². The number of benzene rings is 1. The molecule has 3 heterocycles. The van der Waals surface area contributed by atoms with Crippen molar-refractivity contribution in [3.05, 3.63) is 30.0 Å². The van der Waals surface area contributed by atoms with Crippen LogP contribution < -0.4 is 5.32 Å². The van der Waals surface area contributed by atoms with Gasteiger partial charge in [0, 0.05) is 25.0 Å². The van der Waals surface area contributed by atoms with Gasteiger partial charge in [0.25, 0.3) is 0 Å². The van der Waals surface area contributed by atoms with E-state index in [1.165, 1.54) is 49.2 Å². The molecule has 4 heteroatoms. The van der Waals surface area contributed by atoms with Crippen molar-refractivity contribution in [3.63, 3.8) is 0 Å². The molecule has 0 saturated carbocycles. The van der Waals surface area contributed by atoms with Crippen LogP contribution in [0.3, 0.4) is 0 Å². The molecule has 1 aromatic carbocycles. The smallest absolute Gasteiger partial charge is 0.0843 e. The first kappa shape index (κ1) is 13.3. The van der Waals surface area contributed by atoms with Crippen LogP contribution in [-0.4, -0.2) is 40.9 Å². The second-order valence-electron chi connectivity index (χ2n) is 6.48. The maximum Gasteiger partial charge on any atom is 0.0843 e. The summed E-state index contributed by atoms with van der Waals surface area (Å²) >= 11 is 0. The van der Waals surface area contributed by atoms with Crippen LogP contribution in [-0.2, 0) is 13.1 Å². The Hall–Kier alpha value is -1.39. The molecular formula is C17H24N4. The van der Waals surface area contributed by atoms with E-state index in [1.54, 1.807) is 0 Å². The number of hydrogen-bond acceptors (Lipinski definition) is 3. The summed E-state index contributed by atoms with van der Waals surface area (Å²) < 4.78 is 2.13. The quantitative estimate of drug-likeness (QED) is 0.937. The van der Waals surface area contributed by atoms with Gasteiger partial charge in [0.2, 0.25) is 0 Å².